The molecule has 3 aromatic rings. The van der Waals surface area contributed by atoms with Gasteiger partial charge in [-0.1, -0.05) is 30.0 Å². The van der Waals surface area contributed by atoms with E-state index in [1.165, 1.54) is 23.9 Å². The summed E-state index contributed by atoms with van der Waals surface area (Å²) < 4.78 is 39.8. The molecule has 0 radical (unpaired) electrons. The molecule has 5 nitrogen and oxygen atoms in total. The lowest BCUT2D eigenvalue weighted by Crippen LogP contribution is -2.15. The van der Waals surface area contributed by atoms with Crippen LogP contribution in [0.15, 0.2) is 59.8 Å². The third kappa shape index (κ3) is 4.61. The molecule has 0 bridgehead atoms. The van der Waals surface area contributed by atoms with Crippen LogP contribution in [-0.2, 0) is 11.0 Å². The number of hydrogen-bond acceptors (Lipinski definition) is 4. The Labute approximate surface area is 169 Å². The summed E-state index contributed by atoms with van der Waals surface area (Å²) in [5.74, 6) is 1.02. The number of nitrogens with one attached hydrogen (secondary N) is 1. The summed E-state index contributed by atoms with van der Waals surface area (Å²) in [5.41, 5.74) is 0.491. The summed E-state index contributed by atoms with van der Waals surface area (Å²) >= 11 is 1.24. The van der Waals surface area contributed by atoms with Gasteiger partial charge in [-0.3, -0.25) is 9.36 Å². The average Bonchev–Trinajstić information content (AvgIpc) is 3.46. The van der Waals surface area contributed by atoms with E-state index in [4.69, 9.17) is 0 Å². The molecule has 0 unspecified atom stereocenters. The standard InChI is InChI=1S/C20H17F3N4OS/c21-20(22,23)14-8-10-15(11-9-14)24-17(28)12-29-19-26-25-18(13-6-7-13)27(19)16-4-2-1-3-5-16/h1-5,8-11,13H,6-7,12H2,(H,24,28). The number of anilines is 1. The largest absolute Gasteiger partial charge is 0.416 e. The van der Waals surface area contributed by atoms with Gasteiger partial charge in [-0.2, -0.15) is 13.2 Å². The third-order valence-electron chi connectivity index (χ3n) is 4.44. The van der Waals surface area contributed by atoms with Crippen LogP contribution in [0.3, 0.4) is 0 Å². The van der Waals surface area contributed by atoms with Crippen LogP contribution in [0.1, 0.15) is 30.1 Å². The van der Waals surface area contributed by atoms with Crippen LogP contribution in [0.4, 0.5) is 18.9 Å². The molecule has 1 N–H and O–H groups in total. The van der Waals surface area contributed by atoms with Gasteiger partial charge >= 0.3 is 6.18 Å². The summed E-state index contributed by atoms with van der Waals surface area (Å²) in [4.78, 5) is 12.3. The van der Waals surface area contributed by atoms with E-state index in [9.17, 15) is 18.0 Å². The highest BCUT2D eigenvalue weighted by atomic mass is 32.2. The molecule has 1 aromatic heterocycles. The zero-order chi connectivity index (χ0) is 20.4. The maximum atomic E-state index is 12.6. The molecule has 1 saturated carbocycles. The van der Waals surface area contributed by atoms with Crippen molar-refractivity contribution in [3.8, 4) is 5.69 Å². The van der Waals surface area contributed by atoms with E-state index in [-0.39, 0.29) is 11.7 Å². The maximum Gasteiger partial charge on any atom is 0.416 e. The lowest BCUT2D eigenvalue weighted by atomic mass is 10.2. The summed E-state index contributed by atoms with van der Waals surface area (Å²) in [7, 11) is 0. The zero-order valence-corrected chi connectivity index (χ0v) is 16.0. The molecule has 1 aliphatic carbocycles. The second-order valence-electron chi connectivity index (χ2n) is 6.70. The Hall–Kier alpha value is -2.81. The van der Waals surface area contributed by atoms with Crippen LogP contribution in [0.25, 0.3) is 5.69 Å². The van der Waals surface area contributed by atoms with Gasteiger partial charge in [-0.25, -0.2) is 0 Å². The van der Waals surface area contributed by atoms with Crippen LogP contribution >= 0.6 is 11.8 Å². The van der Waals surface area contributed by atoms with Crippen molar-refractivity contribution in [1.29, 1.82) is 0 Å². The van der Waals surface area contributed by atoms with Crippen molar-refractivity contribution < 1.29 is 18.0 Å². The molecular weight excluding hydrogens is 401 g/mol. The topological polar surface area (TPSA) is 59.8 Å². The highest BCUT2D eigenvalue weighted by molar-refractivity contribution is 7.99. The van der Waals surface area contributed by atoms with Crippen LogP contribution in [0.5, 0.6) is 0 Å². The molecule has 0 saturated heterocycles. The first kappa shape index (κ1) is 19.5. The first-order valence-electron chi connectivity index (χ1n) is 9.02. The number of alkyl halides is 3. The summed E-state index contributed by atoms with van der Waals surface area (Å²) in [6.45, 7) is 0. The van der Waals surface area contributed by atoms with Gasteiger partial charge < -0.3 is 5.32 Å². The number of carbonyl (C=O) groups is 1. The lowest BCUT2D eigenvalue weighted by molar-refractivity contribution is -0.137. The Morgan fingerprint density at radius 1 is 1.07 bits per heavy atom. The fourth-order valence-corrected chi connectivity index (χ4v) is 3.63. The van der Waals surface area contributed by atoms with Crippen molar-refractivity contribution in [2.75, 3.05) is 11.1 Å². The molecular formula is C20H17F3N4OS. The molecule has 2 aromatic carbocycles. The van der Waals surface area contributed by atoms with Crippen LogP contribution in [0.2, 0.25) is 0 Å². The van der Waals surface area contributed by atoms with E-state index in [2.05, 4.69) is 15.5 Å². The smallest absolute Gasteiger partial charge is 0.325 e. The Kier molecular flexibility index (Phi) is 5.31. The Balaban J connectivity index is 1.43. The molecule has 1 heterocycles. The predicted molar refractivity (Wildman–Crippen MR) is 104 cm³/mol. The minimum atomic E-state index is -4.40. The van der Waals surface area contributed by atoms with Gasteiger partial charge in [0.25, 0.3) is 0 Å². The van der Waals surface area contributed by atoms with Crippen LogP contribution < -0.4 is 5.32 Å². The number of thioether (sulfide) groups is 1. The predicted octanol–water partition coefficient (Wildman–Crippen LogP) is 4.89. The maximum absolute atomic E-state index is 12.6. The lowest BCUT2D eigenvalue weighted by Gasteiger charge is -2.10. The molecule has 1 amide bonds. The number of rotatable bonds is 6. The van der Waals surface area contributed by atoms with E-state index in [0.717, 1.165) is 36.5 Å². The van der Waals surface area contributed by atoms with Crippen molar-refractivity contribution in [3.05, 3.63) is 66.0 Å². The number of nitrogens with zero attached hydrogens (tertiary/aromatic N) is 3. The third-order valence-corrected chi connectivity index (χ3v) is 5.37. The van der Waals surface area contributed by atoms with Crippen molar-refractivity contribution in [1.82, 2.24) is 14.8 Å². The fraction of sp³-hybridized carbons (Fsp3) is 0.250. The van der Waals surface area contributed by atoms with Gasteiger partial charge in [0.2, 0.25) is 5.91 Å². The van der Waals surface area contributed by atoms with E-state index in [0.29, 0.717) is 16.8 Å². The van der Waals surface area contributed by atoms with Crippen LogP contribution in [-0.4, -0.2) is 26.4 Å². The minimum Gasteiger partial charge on any atom is -0.325 e. The second-order valence-corrected chi connectivity index (χ2v) is 7.64. The van der Waals surface area contributed by atoms with Crippen molar-refractivity contribution in [3.63, 3.8) is 0 Å². The molecule has 150 valence electrons. The Morgan fingerprint density at radius 3 is 2.38 bits per heavy atom. The molecule has 1 aliphatic rings. The summed E-state index contributed by atoms with van der Waals surface area (Å²) in [6, 6.07) is 14.1. The van der Waals surface area contributed by atoms with Gasteiger partial charge in [-0.15, -0.1) is 10.2 Å². The highest BCUT2D eigenvalue weighted by Gasteiger charge is 2.31. The van der Waals surface area contributed by atoms with Crippen LogP contribution in [0, 0.1) is 0 Å². The number of aromatic nitrogens is 3. The first-order valence-corrected chi connectivity index (χ1v) is 10.0. The normalized spacial score (nSPS) is 14.0. The minimum absolute atomic E-state index is 0.0661. The van der Waals surface area contributed by atoms with E-state index in [1.54, 1.807) is 0 Å². The SMILES string of the molecule is O=C(CSc1nnc(C2CC2)n1-c1ccccc1)Nc1ccc(C(F)(F)F)cc1. The number of carbonyl (C=O) groups excluding carboxylic acids is 1. The number of para-hydroxylation sites is 1. The van der Waals surface area contributed by atoms with Gasteiger partial charge in [0.05, 0.1) is 11.3 Å². The average molecular weight is 418 g/mol. The van der Waals surface area contributed by atoms with Crippen molar-refractivity contribution in [2.24, 2.45) is 0 Å². The molecule has 4 rings (SSSR count). The molecule has 0 spiro atoms. The summed E-state index contributed by atoms with van der Waals surface area (Å²) in [6.07, 6.45) is -2.26. The number of hydrogen-bond donors (Lipinski definition) is 1. The zero-order valence-electron chi connectivity index (χ0n) is 15.2. The molecule has 0 atom stereocenters. The second kappa shape index (κ2) is 7.90. The Morgan fingerprint density at radius 2 is 1.76 bits per heavy atom. The quantitative estimate of drug-likeness (QED) is 0.579. The number of amides is 1. The van der Waals surface area contributed by atoms with E-state index in [1.807, 2.05) is 34.9 Å². The Bertz CT molecular complexity index is 999. The van der Waals surface area contributed by atoms with Gasteiger partial charge in [0.15, 0.2) is 5.16 Å². The molecule has 1 fully saturated rings. The number of halogens is 3. The van der Waals surface area contributed by atoms with Gasteiger partial charge in [-0.05, 0) is 49.2 Å². The van der Waals surface area contributed by atoms with E-state index < -0.39 is 11.7 Å². The monoisotopic (exact) mass is 418 g/mol. The number of benzene rings is 2. The summed E-state index contributed by atoms with van der Waals surface area (Å²) in [5, 5.41) is 11.8. The first-order chi connectivity index (χ1) is 13.9. The highest BCUT2D eigenvalue weighted by Crippen LogP contribution is 2.41. The molecule has 9 heteroatoms. The molecule has 0 aliphatic heterocycles. The van der Waals surface area contributed by atoms with E-state index >= 15 is 0 Å². The van der Waals surface area contributed by atoms with Gasteiger partial charge in [0.1, 0.15) is 5.82 Å². The van der Waals surface area contributed by atoms with Crippen molar-refractivity contribution >= 4 is 23.4 Å². The molecule has 29 heavy (non-hydrogen) atoms. The fourth-order valence-electron chi connectivity index (χ4n) is 2.87. The van der Waals surface area contributed by atoms with Crippen molar-refractivity contribution in [2.45, 2.75) is 30.1 Å². The van der Waals surface area contributed by atoms with Gasteiger partial charge in [0, 0.05) is 17.3 Å².